The van der Waals surface area contributed by atoms with Gasteiger partial charge in [-0.15, -0.1) is 0 Å². The van der Waals surface area contributed by atoms with Crippen LogP contribution in [0.3, 0.4) is 0 Å². The number of rotatable bonds is 4. The lowest BCUT2D eigenvalue weighted by Crippen LogP contribution is -2.42. The second kappa shape index (κ2) is 5.72. The molecule has 0 atom stereocenters. The highest BCUT2D eigenvalue weighted by Gasteiger charge is 2.20. The van der Waals surface area contributed by atoms with E-state index in [1.165, 1.54) is 0 Å². The highest BCUT2D eigenvalue weighted by atomic mass is 32.1. The molecule has 0 unspecified atom stereocenters. The van der Waals surface area contributed by atoms with Crippen molar-refractivity contribution in [1.82, 2.24) is 9.88 Å². The SMILES string of the molecule is Cc1ncccc1C(=O)N(CC(N)=S)C(C)C. The maximum Gasteiger partial charge on any atom is 0.256 e. The Bertz CT molecular complexity index is 432. The Morgan fingerprint density at radius 3 is 2.71 bits per heavy atom. The van der Waals surface area contributed by atoms with Crippen LogP contribution in [0.15, 0.2) is 18.3 Å². The first-order valence-corrected chi connectivity index (χ1v) is 5.85. The molecule has 17 heavy (non-hydrogen) atoms. The van der Waals surface area contributed by atoms with Crippen molar-refractivity contribution in [3.8, 4) is 0 Å². The molecule has 92 valence electrons. The summed E-state index contributed by atoms with van der Waals surface area (Å²) in [4.78, 5) is 18.4. The van der Waals surface area contributed by atoms with E-state index in [4.69, 9.17) is 18.0 Å². The number of nitrogens with zero attached hydrogens (tertiary/aromatic N) is 2. The molecule has 1 aromatic rings. The van der Waals surface area contributed by atoms with Gasteiger partial charge in [0.2, 0.25) is 0 Å². The number of hydrogen-bond acceptors (Lipinski definition) is 3. The molecule has 0 aromatic carbocycles. The molecule has 1 heterocycles. The summed E-state index contributed by atoms with van der Waals surface area (Å²) in [5.41, 5.74) is 6.82. The molecule has 2 N–H and O–H groups in total. The third kappa shape index (κ3) is 3.49. The fourth-order valence-electron chi connectivity index (χ4n) is 1.52. The van der Waals surface area contributed by atoms with Gasteiger partial charge in [-0.2, -0.15) is 0 Å². The molecule has 4 nitrogen and oxygen atoms in total. The zero-order valence-electron chi connectivity index (χ0n) is 10.3. The average molecular weight is 251 g/mol. The predicted octanol–water partition coefficient (Wildman–Crippen LogP) is 1.53. The summed E-state index contributed by atoms with van der Waals surface area (Å²) < 4.78 is 0. The highest BCUT2D eigenvalue weighted by molar-refractivity contribution is 7.80. The highest BCUT2D eigenvalue weighted by Crippen LogP contribution is 2.10. The van der Waals surface area contributed by atoms with E-state index in [-0.39, 0.29) is 11.9 Å². The maximum absolute atomic E-state index is 12.3. The zero-order valence-corrected chi connectivity index (χ0v) is 11.1. The van der Waals surface area contributed by atoms with Crippen molar-refractivity contribution in [3.05, 3.63) is 29.6 Å². The summed E-state index contributed by atoms with van der Waals surface area (Å²) in [6, 6.07) is 3.56. The zero-order chi connectivity index (χ0) is 13.0. The van der Waals surface area contributed by atoms with Crippen molar-refractivity contribution in [2.75, 3.05) is 6.54 Å². The van der Waals surface area contributed by atoms with Gasteiger partial charge in [-0.25, -0.2) is 0 Å². The standard InChI is InChI=1S/C12H17N3OS/c1-8(2)15(7-11(13)17)12(16)10-5-4-6-14-9(10)3/h4-6,8H,7H2,1-3H3,(H2,13,17). The van der Waals surface area contributed by atoms with Crippen LogP contribution in [0.4, 0.5) is 0 Å². The first kappa shape index (κ1) is 13.6. The number of aromatic nitrogens is 1. The number of nitrogens with two attached hydrogens (primary N) is 1. The van der Waals surface area contributed by atoms with E-state index in [0.717, 1.165) is 0 Å². The van der Waals surface area contributed by atoms with Gasteiger partial charge < -0.3 is 10.6 Å². The Morgan fingerprint density at radius 2 is 2.24 bits per heavy atom. The van der Waals surface area contributed by atoms with Gasteiger partial charge in [-0.3, -0.25) is 9.78 Å². The van der Waals surface area contributed by atoms with Crippen molar-refractivity contribution in [2.45, 2.75) is 26.8 Å². The van der Waals surface area contributed by atoms with Crippen molar-refractivity contribution in [1.29, 1.82) is 0 Å². The molecule has 0 saturated carbocycles. The summed E-state index contributed by atoms with van der Waals surface area (Å²) in [5, 5.41) is 0. The van der Waals surface area contributed by atoms with Crippen LogP contribution in [0, 0.1) is 6.92 Å². The number of carbonyl (C=O) groups excluding carboxylic acids is 1. The van der Waals surface area contributed by atoms with Crippen LogP contribution in [-0.2, 0) is 0 Å². The average Bonchev–Trinajstić information content (AvgIpc) is 2.25. The number of pyridine rings is 1. The molecule has 0 aliphatic heterocycles. The Balaban J connectivity index is 3.00. The molecule has 1 rings (SSSR count). The van der Waals surface area contributed by atoms with Crippen LogP contribution >= 0.6 is 12.2 Å². The molecule has 0 radical (unpaired) electrons. The quantitative estimate of drug-likeness (QED) is 0.824. The van der Waals surface area contributed by atoms with Gasteiger partial charge >= 0.3 is 0 Å². The molecular formula is C12H17N3OS. The molecule has 0 saturated heterocycles. The third-order valence-corrected chi connectivity index (χ3v) is 2.58. The summed E-state index contributed by atoms with van der Waals surface area (Å²) in [6.07, 6.45) is 1.67. The van der Waals surface area contributed by atoms with E-state index in [0.29, 0.717) is 22.8 Å². The fraction of sp³-hybridized carbons (Fsp3) is 0.417. The van der Waals surface area contributed by atoms with Gasteiger partial charge in [-0.05, 0) is 32.9 Å². The lowest BCUT2D eigenvalue weighted by Gasteiger charge is -2.26. The monoisotopic (exact) mass is 251 g/mol. The minimum absolute atomic E-state index is 0.0450. The van der Waals surface area contributed by atoms with E-state index >= 15 is 0 Å². The first-order chi connectivity index (χ1) is 7.93. The second-order valence-electron chi connectivity index (χ2n) is 4.13. The maximum atomic E-state index is 12.3. The Kier molecular flexibility index (Phi) is 4.57. The molecule has 0 aliphatic carbocycles. The van der Waals surface area contributed by atoms with Gasteiger partial charge in [0, 0.05) is 17.9 Å². The van der Waals surface area contributed by atoms with E-state index in [1.54, 1.807) is 23.2 Å². The molecular weight excluding hydrogens is 234 g/mol. The number of hydrogen-bond donors (Lipinski definition) is 1. The number of aryl methyl sites for hydroxylation is 1. The van der Waals surface area contributed by atoms with E-state index in [9.17, 15) is 4.79 Å². The normalized spacial score (nSPS) is 10.4. The smallest absolute Gasteiger partial charge is 0.256 e. The lowest BCUT2D eigenvalue weighted by molar-refractivity contribution is 0.0735. The van der Waals surface area contributed by atoms with Gasteiger partial charge in [0.25, 0.3) is 5.91 Å². The molecule has 1 amide bonds. The summed E-state index contributed by atoms with van der Waals surface area (Å²) in [7, 11) is 0. The van der Waals surface area contributed by atoms with Crippen LogP contribution in [-0.4, -0.2) is 33.4 Å². The Hall–Kier alpha value is -1.49. The van der Waals surface area contributed by atoms with Crippen LogP contribution in [0.2, 0.25) is 0 Å². The van der Waals surface area contributed by atoms with Crippen LogP contribution in [0.25, 0.3) is 0 Å². The first-order valence-electron chi connectivity index (χ1n) is 5.44. The Morgan fingerprint density at radius 1 is 1.59 bits per heavy atom. The largest absolute Gasteiger partial charge is 0.392 e. The van der Waals surface area contributed by atoms with Crippen molar-refractivity contribution in [3.63, 3.8) is 0 Å². The minimum Gasteiger partial charge on any atom is -0.392 e. The summed E-state index contributed by atoms with van der Waals surface area (Å²) in [6.45, 7) is 5.97. The van der Waals surface area contributed by atoms with Crippen molar-refractivity contribution < 1.29 is 4.79 Å². The van der Waals surface area contributed by atoms with Crippen molar-refractivity contribution >= 4 is 23.1 Å². The molecule has 0 aliphatic rings. The molecule has 1 aromatic heterocycles. The van der Waals surface area contributed by atoms with Gasteiger partial charge in [0.1, 0.15) is 0 Å². The van der Waals surface area contributed by atoms with Crippen molar-refractivity contribution in [2.24, 2.45) is 5.73 Å². The van der Waals surface area contributed by atoms with Crippen LogP contribution in [0.5, 0.6) is 0 Å². The third-order valence-electron chi connectivity index (χ3n) is 2.45. The summed E-state index contributed by atoms with van der Waals surface area (Å²) >= 11 is 4.86. The van der Waals surface area contributed by atoms with Crippen LogP contribution in [0.1, 0.15) is 29.9 Å². The molecule has 5 heteroatoms. The molecule has 0 fully saturated rings. The Labute approximate surface area is 107 Å². The van der Waals surface area contributed by atoms with Gasteiger partial charge in [0.15, 0.2) is 0 Å². The molecule has 0 spiro atoms. The van der Waals surface area contributed by atoms with E-state index in [1.807, 2.05) is 20.8 Å². The number of thiocarbonyl (C=S) groups is 1. The summed E-state index contributed by atoms with van der Waals surface area (Å²) in [5.74, 6) is -0.0848. The van der Waals surface area contributed by atoms with Gasteiger partial charge in [-0.1, -0.05) is 12.2 Å². The number of carbonyl (C=O) groups is 1. The molecule has 0 bridgehead atoms. The van der Waals surface area contributed by atoms with E-state index in [2.05, 4.69) is 4.98 Å². The minimum atomic E-state index is -0.0848. The topological polar surface area (TPSA) is 59.2 Å². The lowest BCUT2D eigenvalue weighted by atomic mass is 10.1. The van der Waals surface area contributed by atoms with Gasteiger partial charge in [0.05, 0.1) is 17.1 Å². The predicted molar refractivity (Wildman–Crippen MR) is 71.9 cm³/mol. The van der Waals surface area contributed by atoms with Crippen LogP contribution < -0.4 is 5.73 Å². The second-order valence-corrected chi connectivity index (χ2v) is 4.65. The van der Waals surface area contributed by atoms with E-state index < -0.39 is 0 Å². The fourth-order valence-corrected chi connectivity index (χ4v) is 1.66. The number of amides is 1.